The van der Waals surface area contributed by atoms with Gasteiger partial charge in [0, 0.05) is 36.8 Å². The summed E-state index contributed by atoms with van der Waals surface area (Å²) in [5.41, 5.74) is 1.42. The largest absolute Gasteiger partial charge is 0.360 e. The third kappa shape index (κ3) is 4.41. The molecular weight excluding hydrogens is 336 g/mol. The minimum absolute atomic E-state index is 0.188. The van der Waals surface area contributed by atoms with E-state index in [1.807, 2.05) is 0 Å². The van der Waals surface area contributed by atoms with Crippen LogP contribution in [0.3, 0.4) is 0 Å². The fourth-order valence-corrected chi connectivity index (χ4v) is 2.13. The molecule has 0 fully saturated rings. The van der Waals surface area contributed by atoms with Crippen LogP contribution in [0, 0.1) is 6.92 Å². The van der Waals surface area contributed by atoms with Crippen LogP contribution in [0.1, 0.15) is 23.0 Å². The van der Waals surface area contributed by atoms with Crippen LogP contribution in [0.2, 0.25) is 0 Å². The molecule has 9 heteroatoms. The Morgan fingerprint density at radius 3 is 2.35 bits per heavy atom. The van der Waals surface area contributed by atoms with E-state index in [0.717, 1.165) is 0 Å². The maximum Gasteiger partial charge on any atom is 0.258 e. The zero-order valence-corrected chi connectivity index (χ0v) is 14.1. The Balaban J connectivity index is 1.65. The van der Waals surface area contributed by atoms with Gasteiger partial charge in [-0.3, -0.25) is 9.59 Å². The van der Waals surface area contributed by atoms with Crippen LogP contribution in [0.15, 0.2) is 47.2 Å². The van der Waals surface area contributed by atoms with Crippen molar-refractivity contribution in [3.63, 3.8) is 0 Å². The van der Waals surface area contributed by atoms with E-state index >= 15 is 0 Å². The van der Waals surface area contributed by atoms with Crippen molar-refractivity contribution in [2.75, 3.05) is 16.0 Å². The van der Waals surface area contributed by atoms with E-state index in [1.54, 1.807) is 37.3 Å². The van der Waals surface area contributed by atoms with Gasteiger partial charge in [-0.2, -0.15) is 0 Å². The predicted molar refractivity (Wildman–Crippen MR) is 95.3 cm³/mol. The van der Waals surface area contributed by atoms with Gasteiger partial charge in [-0.1, -0.05) is 11.2 Å². The lowest BCUT2D eigenvalue weighted by molar-refractivity contribution is -0.114. The first kappa shape index (κ1) is 17.1. The highest BCUT2D eigenvalue weighted by atomic mass is 16.5. The molecule has 0 unspecified atom stereocenters. The molecule has 2 amide bonds. The molecule has 2 aromatic heterocycles. The van der Waals surface area contributed by atoms with Gasteiger partial charge in [-0.15, -0.1) is 0 Å². The van der Waals surface area contributed by atoms with Gasteiger partial charge in [0.15, 0.2) is 5.82 Å². The lowest BCUT2D eigenvalue weighted by Crippen LogP contribution is -2.13. The van der Waals surface area contributed by atoms with Gasteiger partial charge in [0.1, 0.15) is 5.76 Å². The first-order chi connectivity index (χ1) is 12.5. The zero-order chi connectivity index (χ0) is 18.5. The van der Waals surface area contributed by atoms with E-state index in [2.05, 4.69) is 31.1 Å². The topological polar surface area (TPSA) is 122 Å². The van der Waals surface area contributed by atoms with Gasteiger partial charge in [0.2, 0.25) is 11.9 Å². The second-order valence-corrected chi connectivity index (χ2v) is 5.46. The van der Waals surface area contributed by atoms with Crippen molar-refractivity contribution in [3.05, 3.63) is 54.0 Å². The van der Waals surface area contributed by atoms with Crippen molar-refractivity contribution in [2.24, 2.45) is 0 Å². The van der Waals surface area contributed by atoms with Crippen LogP contribution < -0.4 is 16.0 Å². The van der Waals surface area contributed by atoms with Crippen LogP contribution in [0.25, 0.3) is 0 Å². The number of amides is 2. The molecule has 3 rings (SSSR count). The lowest BCUT2D eigenvalue weighted by Gasteiger charge is -2.08. The molecular formula is C17H16N6O3. The molecule has 0 aliphatic heterocycles. The Kier molecular flexibility index (Phi) is 4.88. The number of benzene rings is 1. The molecule has 1 aromatic carbocycles. The average molecular weight is 352 g/mol. The van der Waals surface area contributed by atoms with Gasteiger partial charge in [0.25, 0.3) is 5.91 Å². The van der Waals surface area contributed by atoms with Crippen molar-refractivity contribution in [1.82, 2.24) is 15.1 Å². The summed E-state index contributed by atoms with van der Waals surface area (Å²) in [5.74, 6) is 0.878. The Morgan fingerprint density at radius 1 is 1.04 bits per heavy atom. The fraction of sp³-hybridized carbons (Fsp3) is 0.118. The van der Waals surface area contributed by atoms with Crippen LogP contribution in [0.4, 0.5) is 23.1 Å². The maximum atomic E-state index is 12.3. The molecule has 2 heterocycles. The molecule has 0 radical (unpaired) electrons. The molecule has 132 valence electrons. The molecule has 9 nitrogen and oxygen atoms in total. The first-order valence-electron chi connectivity index (χ1n) is 7.71. The molecule has 3 N–H and O–H groups in total. The Bertz CT molecular complexity index is 936. The van der Waals surface area contributed by atoms with Crippen LogP contribution in [-0.2, 0) is 4.79 Å². The number of nitrogens with zero attached hydrogens (tertiary/aromatic N) is 3. The average Bonchev–Trinajstić information content (AvgIpc) is 3.00. The number of nitrogens with one attached hydrogen (secondary N) is 3. The summed E-state index contributed by atoms with van der Waals surface area (Å²) in [7, 11) is 0. The molecule has 0 saturated carbocycles. The van der Waals surface area contributed by atoms with Crippen molar-refractivity contribution < 1.29 is 14.1 Å². The monoisotopic (exact) mass is 352 g/mol. The summed E-state index contributed by atoms with van der Waals surface area (Å²) in [6, 6.07) is 8.53. The SMILES string of the molecule is CC(=O)Nc1cccc(NC(=O)c2cnc(Nc3cc(C)on3)nc2)c1. The first-order valence-corrected chi connectivity index (χ1v) is 7.71. The van der Waals surface area contributed by atoms with E-state index in [4.69, 9.17) is 4.52 Å². The molecule has 0 atom stereocenters. The quantitative estimate of drug-likeness (QED) is 0.645. The number of rotatable bonds is 5. The second kappa shape index (κ2) is 7.43. The minimum Gasteiger partial charge on any atom is -0.360 e. The molecule has 3 aromatic rings. The number of carbonyl (C=O) groups is 2. The van der Waals surface area contributed by atoms with E-state index in [0.29, 0.717) is 28.9 Å². The molecule has 26 heavy (non-hydrogen) atoms. The number of anilines is 4. The van der Waals surface area contributed by atoms with Gasteiger partial charge in [0.05, 0.1) is 5.56 Å². The third-order valence-corrected chi connectivity index (χ3v) is 3.22. The standard InChI is InChI=1S/C17H16N6O3/c1-10-6-15(23-26-10)22-17-18-8-12(9-19-17)16(25)21-14-5-3-4-13(7-14)20-11(2)24/h3-9H,1-2H3,(H,20,24)(H,21,25)(H,18,19,22,23). The Labute approximate surface area is 148 Å². The van der Waals surface area contributed by atoms with Crippen molar-refractivity contribution in [2.45, 2.75) is 13.8 Å². The third-order valence-electron chi connectivity index (χ3n) is 3.22. The number of carbonyl (C=O) groups excluding carboxylic acids is 2. The minimum atomic E-state index is -0.367. The highest BCUT2D eigenvalue weighted by molar-refractivity contribution is 6.04. The van der Waals surface area contributed by atoms with Crippen molar-refractivity contribution in [3.8, 4) is 0 Å². The molecule has 0 bridgehead atoms. The highest BCUT2D eigenvalue weighted by Crippen LogP contribution is 2.16. The molecule has 0 saturated heterocycles. The Morgan fingerprint density at radius 2 is 1.73 bits per heavy atom. The zero-order valence-electron chi connectivity index (χ0n) is 14.1. The second-order valence-electron chi connectivity index (χ2n) is 5.46. The van der Waals surface area contributed by atoms with Crippen LogP contribution >= 0.6 is 0 Å². The summed E-state index contributed by atoms with van der Waals surface area (Å²) >= 11 is 0. The lowest BCUT2D eigenvalue weighted by atomic mass is 10.2. The van der Waals surface area contributed by atoms with Gasteiger partial charge >= 0.3 is 0 Å². The number of aryl methyl sites for hydroxylation is 1. The van der Waals surface area contributed by atoms with E-state index in [-0.39, 0.29) is 17.4 Å². The fourth-order valence-electron chi connectivity index (χ4n) is 2.13. The van der Waals surface area contributed by atoms with E-state index in [1.165, 1.54) is 19.3 Å². The van der Waals surface area contributed by atoms with E-state index < -0.39 is 0 Å². The Hall–Kier alpha value is -3.75. The van der Waals surface area contributed by atoms with Crippen molar-refractivity contribution >= 4 is 35.0 Å². The summed E-state index contributed by atoms with van der Waals surface area (Å²) in [6.07, 6.45) is 2.80. The number of aromatic nitrogens is 3. The van der Waals surface area contributed by atoms with E-state index in [9.17, 15) is 9.59 Å². The molecule has 0 aliphatic rings. The van der Waals surface area contributed by atoms with Crippen LogP contribution in [0.5, 0.6) is 0 Å². The van der Waals surface area contributed by atoms with Gasteiger partial charge in [-0.05, 0) is 25.1 Å². The molecule has 0 aliphatic carbocycles. The smallest absolute Gasteiger partial charge is 0.258 e. The predicted octanol–water partition coefficient (Wildman–Crippen LogP) is 2.73. The van der Waals surface area contributed by atoms with Gasteiger partial charge < -0.3 is 20.5 Å². The van der Waals surface area contributed by atoms with Crippen molar-refractivity contribution in [1.29, 1.82) is 0 Å². The van der Waals surface area contributed by atoms with Gasteiger partial charge in [-0.25, -0.2) is 9.97 Å². The molecule has 0 spiro atoms. The summed E-state index contributed by atoms with van der Waals surface area (Å²) in [6.45, 7) is 3.19. The summed E-state index contributed by atoms with van der Waals surface area (Å²) in [4.78, 5) is 31.6. The number of hydrogen-bond acceptors (Lipinski definition) is 7. The summed E-state index contributed by atoms with van der Waals surface area (Å²) in [5, 5.41) is 12.0. The van der Waals surface area contributed by atoms with Crippen LogP contribution in [-0.4, -0.2) is 26.9 Å². The maximum absolute atomic E-state index is 12.3. The normalized spacial score (nSPS) is 10.2. The summed E-state index contributed by atoms with van der Waals surface area (Å²) < 4.78 is 4.94. The highest BCUT2D eigenvalue weighted by Gasteiger charge is 2.09. The number of hydrogen-bond donors (Lipinski definition) is 3.